The molecule has 0 amide bonds. The van der Waals surface area contributed by atoms with Gasteiger partial charge in [-0.1, -0.05) is 0 Å². The van der Waals surface area contributed by atoms with Gasteiger partial charge >= 0.3 is 0 Å². The Balaban J connectivity index is 2.21. The van der Waals surface area contributed by atoms with Gasteiger partial charge in [-0.25, -0.2) is 0 Å². The average Bonchev–Trinajstić information content (AvgIpc) is 2.65. The number of methoxy groups -OCH3 is 1. The lowest BCUT2D eigenvalue weighted by Crippen LogP contribution is -1.95. The van der Waals surface area contributed by atoms with E-state index in [4.69, 9.17) is 4.74 Å². The summed E-state index contributed by atoms with van der Waals surface area (Å²) in [4.78, 5) is 4.59. The molecule has 0 spiro atoms. The molecule has 0 bridgehead atoms. The summed E-state index contributed by atoms with van der Waals surface area (Å²) in [6, 6.07) is 8.62. The second kappa shape index (κ2) is 3.82. The van der Waals surface area contributed by atoms with Gasteiger partial charge in [-0.15, -0.1) is 0 Å². The summed E-state index contributed by atoms with van der Waals surface area (Å²) < 4.78 is 5.11. The Kier molecular flexibility index (Phi) is 2.53. The summed E-state index contributed by atoms with van der Waals surface area (Å²) in [5.74, 6) is 0.903. The fraction of sp³-hybridized carbons (Fsp3) is 0.417. The summed E-state index contributed by atoms with van der Waals surface area (Å²) in [5, 5.41) is 0. The Morgan fingerprint density at radius 1 is 1.29 bits per heavy atom. The second-order valence-corrected chi connectivity index (χ2v) is 3.69. The standard InChI is InChI=1S/C12H15NO/c1-9-3-8-12(13-9)10-4-6-11(14-2)7-5-10/h4-7,9H,3,8H2,1-2H3/t9-/m0/s1. The van der Waals surface area contributed by atoms with Gasteiger partial charge in [-0.05, 0) is 49.6 Å². The number of hydrogen-bond acceptors (Lipinski definition) is 2. The van der Waals surface area contributed by atoms with E-state index in [2.05, 4.69) is 24.0 Å². The largest absolute Gasteiger partial charge is 0.497 e. The van der Waals surface area contributed by atoms with Crippen molar-refractivity contribution in [3.63, 3.8) is 0 Å². The van der Waals surface area contributed by atoms with E-state index in [0.717, 1.165) is 12.2 Å². The Morgan fingerprint density at radius 2 is 2.00 bits per heavy atom. The van der Waals surface area contributed by atoms with Gasteiger partial charge in [0.25, 0.3) is 0 Å². The van der Waals surface area contributed by atoms with Crippen LogP contribution in [0.25, 0.3) is 0 Å². The van der Waals surface area contributed by atoms with Crippen LogP contribution in [0.15, 0.2) is 29.3 Å². The van der Waals surface area contributed by atoms with E-state index in [1.165, 1.54) is 17.7 Å². The lowest BCUT2D eigenvalue weighted by Gasteiger charge is -2.02. The molecular weight excluding hydrogens is 174 g/mol. The fourth-order valence-corrected chi connectivity index (χ4v) is 1.74. The molecule has 0 fully saturated rings. The number of hydrogen-bond donors (Lipinski definition) is 0. The third kappa shape index (κ3) is 1.79. The maximum atomic E-state index is 5.11. The van der Waals surface area contributed by atoms with Crippen molar-refractivity contribution in [1.82, 2.24) is 0 Å². The lowest BCUT2D eigenvalue weighted by atomic mass is 10.1. The summed E-state index contributed by atoms with van der Waals surface area (Å²) >= 11 is 0. The smallest absolute Gasteiger partial charge is 0.118 e. The van der Waals surface area contributed by atoms with Crippen LogP contribution in [0.4, 0.5) is 0 Å². The van der Waals surface area contributed by atoms with Gasteiger partial charge in [-0.2, -0.15) is 0 Å². The molecule has 1 aromatic rings. The maximum absolute atomic E-state index is 5.11. The summed E-state index contributed by atoms with van der Waals surface area (Å²) in [5.41, 5.74) is 2.47. The first-order chi connectivity index (χ1) is 6.79. The predicted molar refractivity (Wildman–Crippen MR) is 58.2 cm³/mol. The topological polar surface area (TPSA) is 21.6 Å². The zero-order valence-corrected chi connectivity index (χ0v) is 8.66. The van der Waals surface area contributed by atoms with Crippen molar-refractivity contribution in [2.45, 2.75) is 25.8 Å². The van der Waals surface area contributed by atoms with Gasteiger partial charge in [0, 0.05) is 11.8 Å². The SMILES string of the molecule is COc1ccc(C2=N[C@@H](C)CC2)cc1. The Hall–Kier alpha value is -1.31. The quantitative estimate of drug-likeness (QED) is 0.701. The van der Waals surface area contributed by atoms with Crippen LogP contribution in [-0.2, 0) is 0 Å². The van der Waals surface area contributed by atoms with Crippen molar-refractivity contribution in [2.75, 3.05) is 7.11 Å². The predicted octanol–water partition coefficient (Wildman–Crippen LogP) is 2.67. The highest BCUT2D eigenvalue weighted by molar-refractivity contribution is 6.01. The van der Waals surface area contributed by atoms with Crippen molar-refractivity contribution < 1.29 is 4.74 Å². The Bertz CT molecular complexity index is 340. The molecular formula is C12H15NO. The molecule has 2 nitrogen and oxygen atoms in total. The molecule has 1 aromatic carbocycles. The van der Waals surface area contributed by atoms with Crippen LogP contribution in [-0.4, -0.2) is 18.9 Å². The minimum Gasteiger partial charge on any atom is -0.497 e. The third-order valence-electron chi connectivity index (χ3n) is 2.60. The molecule has 2 heteroatoms. The van der Waals surface area contributed by atoms with Gasteiger partial charge < -0.3 is 4.74 Å². The number of rotatable bonds is 2. The van der Waals surface area contributed by atoms with Crippen LogP contribution < -0.4 is 4.74 Å². The molecule has 0 radical (unpaired) electrons. The van der Waals surface area contributed by atoms with Crippen LogP contribution in [0.3, 0.4) is 0 Å². The van der Waals surface area contributed by atoms with E-state index in [9.17, 15) is 0 Å². The molecule has 0 saturated carbocycles. The molecule has 74 valence electrons. The number of aliphatic imine (C=N–C) groups is 1. The minimum absolute atomic E-state index is 0.493. The van der Waals surface area contributed by atoms with E-state index in [0.29, 0.717) is 6.04 Å². The van der Waals surface area contributed by atoms with E-state index >= 15 is 0 Å². The molecule has 0 N–H and O–H groups in total. The van der Waals surface area contributed by atoms with Crippen molar-refractivity contribution in [3.05, 3.63) is 29.8 Å². The fourth-order valence-electron chi connectivity index (χ4n) is 1.74. The Morgan fingerprint density at radius 3 is 2.50 bits per heavy atom. The van der Waals surface area contributed by atoms with Gasteiger partial charge in [0.2, 0.25) is 0 Å². The molecule has 0 unspecified atom stereocenters. The molecule has 2 rings (SSSR count). The monoisotopic (exact) mass is 189 g/mol. The van der Waals surface area contributed by atoms with Gasteiger partial charge in [0.1, 0.15) is 5.75 Å². The zero-order valence-electron chi connectivity index (χ0n) is 8.66. The molecule has 14 heavy (non-hydrogen) atoms. The minimum atomic E-state index is 0.493. The molecule has 0 saturated heterocycles. The molecule has 1 aliphatic heterocycles. The van der Waals surface area contributed by atoms with Gasteiger partial charge in [-0.3, -0.25) is 4.99 Å². The van der Waals surface area contributed by atoms with Crippen LogP contribution in [0.2, 0.25) is 0 Å². The highest BCUT2D eigenvalue weighted by Crippen LogP contribution is 2.20. The van der Waals surface area contributed by atoms with Gasteiger partial charge in [0.15, 0.2) is 0 Å². The first-order valence-corrected chi connectivity index (χ1v) is 5.00. The highest BCUT2D eigenvalue weighted by Gasteiger charge is 2.14. The number of ether oxygens (including phenoxy) is 1. The molecule has 0 aromatic heterocycles. The van der Waals surface area contributed by atoms with E-state index in [1.807, 2.05) is 12.1 Å². The normalized spacial score (nSPS) is 20.7. The highest BCUT2D eigenvalue weighted by atomic mass is 16.5. The first kappa shape index (κ1) is 9.25. The lowest BCUT2D eigenvalue weighted by molar-refractivity contribution is 0.415. The van der Waals surface area contributed by atoms with Crippen LogP contribution >= 0.6 is 0 Å². The summed E-state index contributed by atoms with van der Waals surface area (Å²) in [6.45, 7) is 2.16. The molecule has 1 atom stereocenters. The summed E-state index contributed by atoms with van der Waals surface area (Å²) in [7, 11) is 1.68. The van der Waals surface area contributed by atoms with Crippen LogP contribution in [0, 0.1) is 0 Å². The second-order valence-electron chi connectivity index (χ2n) is 3.69. The van der Waals surface area contributed by atoms with E-state index < -0.39 is 0 Å². The number of benzene rings is 1. The van der Waals surface area contributed by atoms with E-state index in [-0.39, 0.29) is 0 Å². The maximum Gasteiger partial charge on any atom is 0.118 e. The van der Waals surface area contributed by atoms with Crippen molar-refractivity contribution in [2.24, 2.45) is 4.99 Å². The van der Waals surface area contributed by atoms with Crippen LogP contribution in [0.1, 0.15) is 25.3 Å². The van der Waals surface area contributed by atoms with Gasteiger partial charge in [0.05, 0.1) is 7.11 Å². The molecule has 1 aliphatic rings. The summed E-state index contributed by atoms with van der Waals surface area (Å²) in [6.07, 6.45) is 2.29. The third-order valence-corrected chi connectivity index (χ3v) is 2.60. The molecule has 0 aliphatic carbocycles. The van der Waals surface area contributed by atoms with Crippen LogP contribution in [0.5, 0.6) is 5.75 Å². The van der Waals surface area contributed by atoms with Crippen molar-refractivity contribution in [1.29, 1.82) is 0 Å². The van der Waals surface area contributed by atoms with E-state index in [1.54, 1.807) is 7.11 Å². The zero-order chi connectivity index (χ0) is 9.97. The first-order valence-electron chi connectivity index (χ1n) is 5.00. The van der Waals surface area contributed by atoms with Crippen molar-refractivity contribution >= 4 is 5.71 Å². The number of nitrogens with zero attached hydrogens (tertiary/aromatic N) is 1. The Labute approximate surface area is 84.6 Å². The van der Waals surface area contributed by atoms with Crippen molar-refractivity contribution in [3.8, 4) is 5.75 Å². The molecule has 1 heterocycles. The average molecular weight is 189 g/mol.